The Labute approximate surface area is 184 Å². The number of hydrogen-bond donors (Lipinski definition) is 1. The fourth-order valence-electron chi connectivity index (χ4n) is 2.76. The van der Waals surface area contributed by atoms with Gasteiger partial charge in [0.05, 0.1) is 18.7 Å². The van der Waals surface area contributed by atoms with Crippen LogP contribution in [0.1, 0.15) is 11.1 Å². The average Bonchev–Trinajstić information content (AvgIpc) is 2.77. The van der Waals surface area contributed by atoms with E-state index in [0.29, 0.717) is 29.5 Å². The molecule has 1 amide bonds. The lowest BCUT2D eigenvalue weighted by Crippen LogP contribution is -2.07. The molecule has 0 unspecified atom stereocenters. The van der Waals surface area contributed by atoms with Crippen molar-refractivity contribution in [3.05, 3.63) is 88.4 Å². The number of carbonyl (C=O) groups excluding carboxylic acids is 1. The van der Waals surface area contributed by atoms with Crippen molar-refractivity contribution in [3.8, 4) is 17.2 Å². The summed E-state index contributed by atoms with van der Waals surface area (Å²) in [5.74, 6) is 1.62. The van der Waals surface area contributed by atoms with Gasteiger partial charge in [-0.05, 0) is 57.4 Å². The fraction of sp³-hybridized carbons (Fsp3) is 0.125. The Morgan fingerprint density at radius 2 is 1.80 bits per heavy atom. The first-order chi connectivity index (χ1) is 14.6. The molecule has 154 valence electrons. The zero-order valence-corrected chi connectivity index (χ0v) is 18.3. The van der Waals surface area contributed by atoms with Crippen LogP contribution in [-0.2, 0) is 11.4 Å². The summed E-state index contributed by atoms with van der Waals surface area (Å²) < 4.78 is 17.3. The average molecular weight is 468 g/mol. The Morgan fingerprint density at radius 3 is 2.53 bits per heavy atom. The van der Waals surface area contributed by atoms with Gasteiger partial charge in [-0.3, -0.25) is 4.79 Å². The third kappa shape index (κ3) is 5.87. The molecule has 3 aromatic rings. The van der Waals surface area contributed by atoms with Crippen LogP contribution in [0.15, 0.2) is 77.3 Å². The minimum Gasteiger partial charge on any atom is -0.497 e. The van der Waals surface area contributed by atoms with Crippen molar-refractivity contribution in [2.75, 3.05) is 19.5 Å². The zero-order valence-electron chi connectivity index (χ0n) is 16.7. The SMILES string of the molecule is COc1cccc(NC(=O)/C=C/c2cc(Br)c(OCc3ccccc3)c(OC)c2)c1. The summed E-state index contributed by atoms with van der Waals surface area (Å²) in [6.07, 6.45) is 3.18. The Hall–Kier alpha value is -3.25. The van der Waals surface area contributed by atoms with Crippen molar-refractivity contribution in [2.24, 2.45) is 0 Å². The highest BCUT2D eigenvalue weighted by Gasteiger charge is 2.11. The second kappa shape index (κ2) is 10.5. The Morgan fingerprint density at radius 1 is 1.00 bits per heavy atom. The van der Waals surface area contributed by atoms with E-state index >= 15 is 0 Å². The van der Waals surface area contributed by atoms with Gasteiger partial charge in [0.15, 0.2) is 11.5 Å². The molecule has 5 nitrogen and oxygen atoms in total. The maximum absolute atomic E-state index is 12.2. The van der Waals surface area contributed by atoms with Gasteiger partial charge in [0.25, 0.3) is 0 Å². The van der Waals surface area contributed by atoms with Gasteiger partial charge in [0, 0.05) is 17.8 Å². The van der Waals surface area contributed by atoms with Gasteiger partial charge in [-0.15, -0.1) is 0 Å². The first-order valence-corrected chi connectivity index (χ1v) is 10.1. The lowest BCUT2D eigenvalue weighted by molar-refractivity contribution is -0.111. The van der Waals surface area contributed by atoms with Crippen LogP contribution in [0.5, 0.6) is 17.2 Å². The van der Waals surface area contributed by atoms with Gasteiger partial charge in [0.2, 0.25) is 5.91 Å². The minimum atomic E-state index is -0.247. The normalized spacial score (nSPS) is 10.6. The summed E-state index contributed by atoms with van der Waals surface area (Å²) in [5, 5.41) is 2.81. The largest absolute Gasteiger partial charge is 0.497 e. The highest BCUT2D eigenvalue weighted by Crippen LogP contribution is 2.37. The topological polar surface area (TPSA) is 56.8 Å². The van der Waals surface area contributed by atoms with Crippen LogP contribution in [0.2, 0.25) is 0 Å². The van der Waals surface area contributed by atoms with E-state index in [0.717, 1.165) is 15.6 Å². The monoisotopic (exact) mass is 467 g/mol. The molecule has 0 saturated heterocycles. The summed E-state index contributed by atoms with van der Waals surface area (Å²) in [4.78, 5) is 12.2. The standard InChI is InChI=1S/C24H22BrNO4/c1-28-20-10-6-9-19(15-20)26-23(27)12-11-18-13-21(25)24(22(14-18)29-2)30-16-17-7-4-3-5-8-17/h3-15H,16H2,1-2H3,(H,26,27)/b12-11+. The van der Waals surface area contributed by atoms with E-state index in [9.17, 15) is 4.79 Å². The van der Waals surface area contributed by atoms with Gasteiger partial charge in [-0.1, -0.05) is 36.4 Å². The van der Waals surface area contributed by atoms with Crippen molar-refractivity contribution >= 4 is 33.6 Å². The molecule has 3 rings (SSSR count). The predicted molar refractivity (Wildman–Crippen MR) is 122 cm³/mol. The number of nitrogens with one attached hydrogen (secondary N) is 1. The first kappa shape index (κ1) is 21.5. The number of ether oxygens (including phenoxy) is 3. The predicted octanol–water partition coefficient (Wildman–Crippen LogP) is 5.70. The third-order valence-electron chi connectivity index (χ3n) is 4.24. The van der Waals surface area contributed by atoms with Crippen molar-refractivity contribution in [2.45, 2.75) is 6.61 Å². The lowest BCUT2D eigenvalue weighted by Gasteiger charge is -2.13. The highest BCUT2D eigenvalue weighted by atomic mass is 79.9. The van der Waals surface area contributed by atoms with Crippen LogP contribution >= 0.6 is 15.9 Å². The molecule has 0 fully saturated rings. The summed E-state index contributed by atoms with van der Waals surface area (Å²) in [6.45, 7) is 0.425. The van der Waals surface area contributed by atoms with E-state index in [1.54, 1.807) is 32.4 Å². The van der Waals surface area contributed by atoms with Crippen molar-refractivity contribution in [1.82, 2.24) is 0 Å². The van der Waals surface area contributed by atoms with Gasteiger partial charge < -0.3 is 19.5 Å². The second-order valence-electron chi connectivity index (χ2n) is 6.36. The molecule has 1 N–H and O–H groups in total. The zero-order chi connectivity index (χ0) is 21.3. The molecular formula is C24H22BrNO4. The molecule has 0 spiro atoms. The molecule has 0 atom stereocenters. The molecule has 0 bridgehead atoms. The van der Waals surface area contributed by atoms with Crippen LogP contribution in [0.25, 0.3) is 6.08 Å². The van der Waals surface area contributed by atoms with E-state index in [1.165, 1.54) is 6.08 Å². The smallest absolute Gasteiger partial charge is 0.248 e. The molecule has 30 heavy (non-hydrogen) atoms. The third-order valence-corrected chi connectivity index (χ3v) is 4.83. The maximum Gasteiger partial charge on any atom is 0.248 e. The molecule has 0 aliphatic heterocycles. The Bertz CT molecular complexity index is 1030. The molecule has 0 heterocycles. The van der Waals surface area contributed by atoms with Crippen LogP contribution in [-0.4, -0.2) is 20.1 Å². The molecule has 3 aromatic carbocycles. The Kier molecular flexibility index (Phi) is 7.51. The number of benzene rings is 3. The Balaban J connectivity index is 1.69. The molecule has 0 aliphatic rings. The van der Waals surface area contributed by atoms with E-state index in [2.05, 4.69) is 21.2 Å². The van der Waals surface area contributed by atoms with Crippen molar-refractivity contribution < 1.29 is 19.0 Å². The number of anilines is 1. The minimum absolute atomic E-state index is 0.247. The number of methoxy groups -OCH3 is 2. The highest BCUT2D eigenvalue weighted by molar-refractivity contribution is 9.10. The molecule has 0 aliphatic carbocycles. The van der Waals surface area contributed by atoms with E-state index < -0.39 is 0 Å². The number of rotatable bonds is 8. The molecular weight excluding hydrogens is 446 g/mol. The number of halogens is 1. The van der Waals surface area contributed by atoms with Crippen LogP contribution in [0.4, 0.5) is 5.69 Å². The van der Waals surface area contributed by atoms with Crippen LogP contribution in [0, 0.1) is 0 Å². The van der Waals surface area contributed by atoms with E-state index in [-0.39, 0.29) is 5.91 Å². The molecule has 0 saturated carbocycles. The summed E-state index contributed by atoms with van der Waals surface area (Å²) in [6, 6.07) is 20.8. The number of amides is 1. The molecule has 0 aromatic heterocycles. The van der Waals surface area contributed by atoms with Gasteiger partial charge in [-0.2, -0.15) is 0 Å². The summed E-state index contributed by atoms with van der Waals surface area (Å²) >= 11 is 3.54. The van der Waals surface area contributed by atoms with Crippen molar-refractivity contribution in [3.63, 3.8) is 0 Å². The lowest BCUT2D eigenvalue weighted by atomic mass is 10.2. The first-order valence-electron chi connectivity index (χ1n) is 9.26. The van der Waals surface area contributed by atoms with Crippen molar-refractivity contribution in [1.29, 1.82) is 0 Å². The molecule has 0 radical (unpaired) electrons. The van der Waals surface area contributed by atoms with Gasteiger partial charge in [-0.25, -0.2) is 0 Å². The number of hydrogen-bond acceptors (Lipinski definition) is 4. The van der Waals surface area contributed by atoms with Crippen LogP contribution in [0.3, 0.4) is 0 Å². The summed E-state index contributed by atoms with van der Waals surface area (Å²) in [7, 11) is 3.17. The second-order valence-corrected chi connectivity index (χ2v) is 7.22. The van der Waals surface area contributed by atoms with Gasteiger partial charge >= 0.3 is 0 Å². The van der Waals surface area contributed by atoms with E-state index in [1.807, 2.05) is 54.6 Å². The number of carbonyl (C=O) groups is 1. The fourth-order valence-corrected chi connectivity index (χ4v) is 3.34. The van der Waals surface area contributed by atoms with Gasteiger partial charge in [0.1, 0.15) is 12.4 Å². The van der Waals surface area contributed by atoms with E-state index in [4.69, 9.17) is 14.2 Å². The summed E-state index contributed by atoms with van der Waals surface area (Å²) in [5.41, 5.74) is 2.52. The quantitative estimate of drug-likeness (QED) is 0.431. The maximum atomic E-state index is 12.2. The van der Waals surface area contributed by atoms with Crippen LogP contribution < -0.4 is 19.5 Å². The molecule has 6 heteroatoms.